The van der Waals surface area contributed by atoms with Crippen LogP contribution in [0.4, 0.5) is 14.5 Å². The van der Waals surface area contributed by atoms with Gasteiger partial charge in [0.25, 0.3) is 11.7 Å². The first-order valence-corrected chi connectivity index (χ1v) is 9.11. The number of hydrogen-bond acceptors (Lipinski definition) is 5. The summed E-state index contributed by atoms with van der Waals surface area (Å²) < 4.78 is 29.9. The van der Waals surface area contributed by atoms with Crippen molar-refractivity contribution in [2.45, 2.75) is 36.3 Å². The lowest BCUT2D eigenvalue weighted by Gasteiger charge is -2.19. The summed E-state index contributed by atoms with van der Waals surface area (Å²) >= 11 is 0.317. The van der Waals surface area contributed by atoms with Crippen LogP contribution in [0.3, 0.4) is 0 Å². The van der Waals surface area contributed by atoms with Crippen molar-refractivity contribution in [3.05, 3.63) is 24.3 Å². The van der Waals surface area contributed by atoms with E-state index in [4.69, 9.17) is 4.74 Å². The predicted octanol–water partition coefficient (Wildman–Crippen LogP) is 2.89. The highest BCUT2D eigenvalue weighted by atomic mass is 32.2. The number of rotatable bonds is 7. The number of amides is 2. The van der Waals surface area contributed by atoms with Gasteiger partial charge in [-0.25, -0.2) is 0 Å². The van der Waals surface area contributed by atoms with Gasteiger partial charge in [0.05, 0.1) is 5.69 Å². The number of ether oxygens (including phenoxy) is 1. The number of esters is 1. The van der Waals surface area contributed by atoms with E-state index in [-0.39, 0.29) is 23.0 Å². The maximum absolute atomic E-state index is 12.5. The lowest BCUT2D eigenvalue weighted by atomic mass is 10.2. The number of anilines is 1. The molecule has 9 heteroatoms. The van der Waals surface area contributed by atoms with Gasteiger partial charge in [-0.3, -0.25) is 14.4 Å². The average molecular weight is 386 g/mol. The molecule has 1 aliphatic heterocycles. The van der Waals surface area contributed by atoms with Crippen molar-refractivity contribution in [1.82, 2.24) is 4.90 Å². The summed E-state index contributed by atoms with van der Waals surface area (Å²) in [6, 6.07) is 6.13. The van der Waals surface area contributed by atoms with Crippen LogP contribution >= 0.6 is 11.8 Å². The largest absolute Gasteiger partial charge is 0.454 e. The zero-order valence-electron chi connectivity index (χ0n) is 14.1. The molecule has 0 radical (unpaired) electrons. The SMILES string of the molecule is O=C(COC(=O)CN1CCCCCC1=O)Nc1ccccc1SC(F)F. The molecule has 0 aliphatic carbocycles. The molecule has 2 rings (SSSR count). The summed E-state index contributed by atoms with van der Waals surface area (Å²) in [7, 11) is 0. The predicted molar refractivity (Wildman–Crippen MR) is 92.9 cm³/mol. The quantitative estimate of drug-likeness (QED) is 0.576. The van der Waals surface area contributed by atoms with E-state index in [0.717, 1.165) is 19.3 Å². The van der Waals surface area contributed by atoms with Gasteiger partial charge >= 0.3 is 5.97 Å². The smallest absolute Gasteiger partial charge is 0.326 e. The van der Waals surface area contributed by atoms with E-state index in [9.17, 15) is 23.2 Å². The van der Waals surface area contributed by atoms with Gasteiger partial charge < -0.3 is 15.0 Å². The van der Waals surface area contributed by atoms with E-state index < -0.39 is 24.2 Å². The molecule has 1 heterocycles. The van der Waals surface area contributed by atoms with Gasteiger partial charge in [-0.05, 0) is 25.0 Å². The normalized spacial score (nSPS) is 14.9. The first-order valence-electron chi connectivity index (χ1n) is 8.23. The molecule has 2 amide bonds. The van der Waals surface area contributed by atoms with E-state index in [1.165, 1.54) is 17.0 Å². The van der Waals surface area contributed by atoms with Crippen molar-refractivity contribution in [2.75, 3.05) is 25.0 Å². The molecular weight excluding hydrogens is 366 g/mol. The third-order valence-corrected chi connectivity index (χ3v) is 4.52. The molecule has 6 nitrogen and oxygen atoms in total. The number of para-hydroxylation sites is 1. The fourth-order valence-electron chi connectivity index (χ4n) is 2.51. The van der Waals surface area contributed by atoms with Crippen LogP contribution < -0.4 is 5.32 Å². The van der Waals surface area contributed by atoms with E-state index in [0.29, 0.717) is 24.7 Å². The second-order valence-electron chi connectivity index (χ2n) is 5.71. The summed E-state index contributed by atoms with van der Waals surface area (Å²) in [5.41, 5.74) is 0.224. The van der Waals surface area contributed by atoms with Crippen LogP contribution in [-0.2, 0) is 19.1 Å². The maximum atomic E-state index is 12.5. The third kappa shape index (κ3) is 6.62. The molecular formula is C17H20F2N2O4S. The number of nitrogens with zero attached hydrogens (tertiary/aromatic N) is 1. The second kappa shape index (κ2) is 10.1. The highest BCUT2D eigenvalue weighted by Crippen LogP contribution is 2.31. The van der Waals surface area contributed by atoms with Crippen LogP contribution in [0.2, 0.25) is 0 Å². The Bertz CT molecular complexity index is 657. The van der Waals surface area contributed by atoms with Gasteiger partial charge in [-0.1, -0.05) is 30.3 Å². The molecule has 0 unspecified atom stereocenters. The molecule has 1 N–H and O–H groups in total. The van der Waals surface area contributed by atoms with Gasteiger partial charge in [0.15, 0.2) is 6.61 Å². The number of halogens is 2. The third-order valence-electron chi connectivity index (χ3n) is 3.73. The number of nitrogens with one attached hydrogen (secondary N) is 1. The molecule has 0 spiro atoms. The zero-order valence-corrected chi connectivity index (χ0v) is 14.9. The van der Waals surface area contributed by atoms with Crippen LogP contribution in [0, 0.1) is 0 Å². The number of alkyl halides is 2. The van der Waals surface area contributed by atoms with E-state index in [1.54, 1.807) is 12.1 Å². The van der Waals surface area contributed by atoms with E-state index in [1.807, 2.05) is 0 Å². The van der Waals surface area contributed by atoms with Crippen molar-refractivity contribution < 1.29 is 27.9 Å². The Kier molecular flexibility index (Phi) is 7.83. The lowest BCUT2D eigenvalue weighted by Crippen LogP contribution is -2.36. The van der Waals surface area contributed by atoms with Gasteiger partial charge in [-0.2, -0.15) is 8.78 Å². The number of carbonyl (C=O) groups is 3. The van der Waals surface area contributed by atoms with E-state index in [2.05, 4.69) is 5.32 Å². The highest BCUT2D eigenvalue weighted by molar-refractivity contribution is 7.99. The summed E-state index contributed by atoms with van der Waals surface area (Å²) in [6.45, 7) is -0.239. The second-order valence-corrected chi connectivity index (χ2v) is 6.74. The van der Waals surface area contributed by atoms with Gasteiger partial charge in [0, 0.05) is 17.9 Å². The molecule has 1 aliphatic rings. The summed E-state index contributed by atoms with van der Waals surface area (Å²) in [5, 5.41) is 2.44. The van der Waals surface area contributed by atoms with Crippen LogP contribution in [0.5, 0.6) is 0 Å². The number of thioether (sulfide) groups is 1. The summed E-state index contributed by atoms with van der Waals surface area (Å²) in [6.07, 6.45) is 2.99. The molecule has 142 valence electrons. The zero-order chi connectivity index (χ0) is 18.9. The van der Waals surface area contributed by atoms with Crippen LogP contribution in [0.1, 0.15) is 25.7 Å². The van der Waals surface area contributed by atoms with Crippen LogP contribution in [0.15, 0.2) is 29.2 Å². The first-order chi connectivity index (χ1) is 12.5. The van der Waals surface area contributed by atoms with E-state index >= 15 is 0 Å². The minimum atomic E-state index is -2.61. The Labute approximate surface area is 154 Å². The Hall–Kier alpha value is -2.16. The molecule has 0 saturated carbocycles. The van der Waals surface area contributed by atoms with Crippen molar-refractivity contribution in [1.29, 1.82) is 0 Å². The number of carbonyl (C=O) groups excluding carboxylic acids is 3. The number of likely N-dealkylation sites (tertiary alicyclic amines) is 1. The first kappa shape index (κ1) is 20.2. The van der Waals surface area contributed by atoms with Crippen molar-refractivity contribution >= 4 is 35.2 Å². The standard InChI is InChI=1S/C17H20F2N2O4S/c18-17(19)26-13-7-4-3-6-12(13)20-14(22)11-25-16(24)10-21-9-5-1-2-8-15(21)23/h3-4,6-7,17H,1-2,5,8-11H2,(H,20,22). The Morgan fingerprint density at radius 1 is 1.23 bits per heavy atom. The van der Waals surface area contributed by atoms with Crippen molar-refractivity contribution in [2.24, 2.45) is 0 Å². The molecule has 26 heavy (non-hydrogen) atoms. The summed E-state index contributed by atoms with van der Waals surface area (Å²) in [5.74, 6) is -4.02. The molecule has 0 atom stereocenters. The Morgan fingerprint density at radius 2 is 2.00 bits per heavy atom. The molecule has 1 saturated heterocycles. The summed E-state index contributed by atoms with van der Waals surface area (Å²) in [4.78, 5) is 37.2. The Balaban J connectivity index is 1.81. The number of hydrogen-bond donors (Lipinski definition) is 1. The fourth-order valence-corrected chi connectivity index (χ4v) is 3.10. The monoisotopic (exact) mass is 386 g/mol. The van der Waals surface area contributed by atoms with Crippen molar-refractivity contribution in [3.63, 3.8) is 0 Å². The Morgan fingerprint density at radius 3 is 2.77 bits per heavy atom. The molecule has 1 aromatic rings. The minimum absolute atomic E-state index is 0.0955. The molecule has 0 aromatic heterocycles. The molecule has 1 aromatic carbocycles. The van der Waals surface area contributed by atoms with Crippen LogP contribution in [0.25, 0.3) is 0 Å². The average Bonchev–Trinajstić information content (AvgIpc) is 2.79. The van der Waals surface area contributed by atoms with Crippen LogP contribution in [-0.4, -0.2) is 48.1 Å². The highest BCUT2D eigenvalue weighted by Gasteiger charge is 2.20. The van der Waals surface area contributed by atoms with Gasteiger partial charge in [-0.15, -0.1) is 0 Å². The molecule has 1 fully saturated rings. The van der Waals surface area contributed by atoms with Crippen molar-refractivity contribution in [3.8, 4) is 0 Å². The maximum Gasteiger partial charge on any atom is 0.326 e. The van der Waals surface area contributed by atoms with Gasteiger partial charge in [0.1, 0.15) is 6.54 Å². The van der Waals surface area contributed by atoms with Gasteiger partial charge in [0.2, 0.25) is 5.91 Å². The lowest BCUT2D eigenvalue weighted by molar-refractivity contribution is -0.151. The molecule has 0 bridgehead atoms. The fraction of sp³-hybridized carbons (Fsp3) is 0.471. The topological polar surface area (TPSA) is 75.7 Å². The minimum Gasteiger partial charge on any atom is -0.454 e. The number of benzene rings is 1.